The molecule has 2 atom stereocenters. The van der Waals surface area contributed by atoms with Gasteiger partial charge in [-0.05, 0) is 36.6 Å². The number of carbonyl (C=O) groups excluding carboxylic acids is 2. The molecule has 6 heteroatoms. The molecule has 0 aromatic heterocycles. The van der Waals surface area contributed by atoms with Gasteiger partial charge in [0.15, 0.2) is 0 Å². The van der Waals surface area contributed by atoms with E-state index >= 15 is 0 Å². The summed E-state index contributed by atoms with van der Waals surface area (Å²) in [5, 5.41) is -0.0293. The lowest BCUT2D eigenvalue weighted by molar-refractivity contribution is -0.148. The van der Waals surface area contributed by atoms with Gasteiger partial charge in [0.25, 0.3) is 5.91 Å². The number of methoxy groups -OCH3 is 1. The first-order valence-electron chi connectivity index (χ1n) is 8.74. The summed E-state index contributed by atoms with van der Waals surface area (Å²) in [6.07, 6.45) is 1.81. The minimum absolute atomic E-state index is 0.0293. The number of hydrogen-bond donors (Lipinski definition) is 0. The summed E-state index contributed by atoms with van der Waals surface area (Å²) in [5.41, 5.74) is 0.556. The Morgan fingerprint density at radius 1 is 1.28 bits per heavy atom. The highest BCUT2D eigenvalue weighted by Crippen LogP contribution is 2.35. The second kappa shape index (κ2) is 9.13. The second-order valence-electron chi connectivity index (χ2n) is 6.45. The van der Waals surface area contributed by atoms with Crippen LogP contribution in [0.1, 0.15) is 44.0 Å². The van der Waals surface area contributed by atoms with E-state index < -0.39 is 6.04 Å². The summed E-state index contributed by atoms with van der Waals surface area (Å²) >= 11 is 1.64. The van der Waals surface area contributed by atoms with Gasteiger partial charge >= 0.3 is 5.97 Å². The van der Waals surface area contributed by atoms with Gasteiger partial charge < -0.3 is 14.4 Å². The van der Waals surface area contributed by atoms with E-state index in [4.69, 9.17) is 9.47 Å². The summed E-state index contributed by atoms with van der Waals surface area (Å²) in [5.74, 6) is 1.09. The topological polar surface area (TPSA) is 55.8 Å². The molecule has 1 fully saturated rings. The summed E-state index contributed by atoms with van der Waals surface area (Å²) in [6, 6.07) is 6.47. The minimum Gasteiger partial charge on any atom is -0.497 e. The van der Waals surface area contributed by atoms with Crippen LogP contribution in [0.4, 0.5) is 0 Å². The largest absolute Gasteiger partial charge is 0.497 e. The zero-order valence-corrected chi connectivity index (χ0v) is 16.2. The van der Waals surface area contributed by atoms with Crippen LogP contribution in [-0.2, 0) is 9.53 Å². The van der Waals surface area contributed by atoms with Crippen molar-refractivity contribution in [2.75, 3.05) is 19.5 Å². The average molecular weight is 365 g/mol. The van der Waals surface area contributed by atoms with Gasteiger partial charge in [-0.15, -0.1) is 11.8 Å². The van der Waals surface area contributed by atoms with Crippen LogP contribution < -0.4 is 4.74 Å². The van der Waals surface area contributed by atoms with Gasteiger partial charge in [0.2, 0.25) is 0 Å². The molecule has 1 heterocycles. The molecule has 5 nitrogen and oxygen atoms in total. The van der Waals surface area contributed by atoms with Crippen molar-refractivity contribution in [2.24, 2.45) is 5.92 Å². The molecule has 0 radical (unpaired) electrons. The number of ether oxygens (including phenoxy) is 2. The van der Waals surface area contributed by atoms with Gasteiger partial charge in [0.05, 0.1) is 19.1 Å². The third-order valence-corrected chi connectivity index (χ3v) is 5.81. The number of unbranched alkanes of at least 4 members (excludes halogenated alkanes) is 1. The highest BCUT2D eigenvalue weighted by Gasteiger charge is 2.43. The molecule has 0 spiro atoms. The van der Waals surface area contributed by atoms with E-state index in [2.05, 4.69) is 13.8 Å². The predicted octanol–water partition coefficient (Wildman–Crippen LogP) is 3.58. The monoisotopic (exact) mass is 365 g/mol. The maximum Gasteiger partial charge on any atom is 0.329 e. The number of thioether (sulfide) groups is 1. The van der Waals surface area contributed by atoms with Crippen molar-refractivity contribution in [2.45, 2.75) is 45.0 Å². The molecule has 0 saturated carbocycles. The van der Waals surface area contributed by atoms with Crippen LogP contribution in [0, 0.1) is 5.92 Å². The highest BCUT2D eigenvalue weighted by atomic mass is 32.2. The third-order valence-electron chi connectivity index (χ3n) is 4.19. The molecule has 0 bridgehead atoms. The lowest BCUT2D eigenvalue weighted by Crippen LogP contribution is -2.47. The molecule has 0 N–H and O–H groups in total. The maximum atomic E-state index is 13.1. The SMILES string of the molecule is CCCCOC(=O)[C@H]1CS[C@@H](C(C)C)N1C(=O)c1ccc(OC)cc1. The van der Waals surface area contributed by atoms with E-state index in [0.29, 0.717) is 23.7 Å². The molecule has 25 heavy (non-hydrogen) atoms. The first-order chi connectivity index (χ1) is 12.0. The van der Waals surface area contributed by atoms with Crippen molar-refractivity contribution in [3.63, 3.8) is 0 Å². The second-order valence-corrected chi connectivity index (χ2v) is 7.60. The number of esters is 1. The fraction of sp³-hybridized carbons (Fsp3) is 0.579. The highest BCUT2D eigenvalue weighted by molar-refractivity contribution is 8.00. The van der Waals surface area contributed by atoms with Crippen molar-refractivity contribution in [1.82, 2.24) is 4.90 Å². The number of rotatable bonds is 7. The van der Waals surface area contributed by atoms with E-state index in [1.807, 2.05) is 6.92 Å². The number of carbonyl (C=O) groups is 2. The normalized spacial score (nSPS) is 20.0. The van der Waals surface area contributed by atoms with Gasteiger partial charge in [0, 0.05) is 11.3 Å². The van der Waals surface area contributed by atoms with Gasteiger partial charge in [-0.25, -0.2) is 4.79 Å². The molecule has 1 amide bonds. The minimum atomic E-state index is -0.524. The maximum absolute atomic E-state index is 13.1. The van der Waals surface area contributed by atoms with Crippen LogP contribution in [0.2, 0.25) is 0 Å². The first kappa shape index (κ1) is 19.6. The number of hydrogen-bond acceptors (Lipinski definition) is 5. The van der Waals surface area contributed by atoms with Crippen molar-refractivity contribution in [3.8, 4) is 5.75 Å². The predicted molar refractivity (Wildman–Crippen MR) is 99.9 cm³/mol. The molecule has 138 valence electrons. The Hall–Kier alpha value is -1.69. The molecule has 1 aromatic rings. The molecule has 1 saturated heterocycles. The summed E-state index contributed by atoms with van der Waals surface area (Å²) < 4.78 is 10.5. The molecular formula is C19H27NO4S. The Labute approximate surface area is 154 Å². The van der Waals surface area contributed by atoms with Crippen LogP contribution >= 0.6 is 11.8 Å². The zero-order chi connectivity index (χ0) is 18.4. The van der Waals surface area contributed by atoms with Crippen LogP contribution in [-0.4, -0.2) is 47.7 Å². The van der Waals surface area contributed by atoms with Crippen LogP contribution in [0.5, 0.6) is 5.75 Å². The molecule has 0 aliphatic carbocycles. The van der Waals surface area contributed by atoms with Crippen LogP contribution in [0.3, 0.4) is 0 Å². The molecule has 2 rings (SSSR count). The fourth-order valence-electron chi connectivity index (χ4n) is 2.78. The van der Waals surface area contributed by atoms with Crippen molar-refractivity contribution < 1.29 is 19.1 Å². The van der Waals surface area contributed by atoms with E-state index in [1.165, 1.54) is 0 Å². The quantitative estimate of drug-likeness (QED) is 0.546. The Balaban J connectivity index is 2.19. The summed E-state index contributed by atoms with van der Waals surface area (Å²) in [4.78, 5) is 27.3. The van der Waals surface area contributed by atoms with E-state index in [0.717, 1.165) is 12.8 Å². The van der Waals surface area contributed by atoms with Gasteiger partial charge in [-0.3, -0.25) is 4.79 Å². The third kappa shape index (κ3) is 4.69. The Morgan fingerprint density at radius 2 is 1.96 bits per heavy atom. The van der Waals surface area contributed by atoms with Gasteiger partial charge in [-0.2, -0.15) is 0 Å². The molecule has 0 unspecified atom stereocenters. The van der Waals surface area contributed by atoms with Gasteiger partial charge in [0.1, 0.15) is 11.8 Å². The van der Waals surface area contributed by atoms with E-state index in [9.17, 15) is 9.59 Å². The van der Waals surface area contributed by atoms with Crippen LogP contribution in [0.15, 0.2) is 24.3 Å². The van der Waals surface area contributed by atoms with Crippen LogP contribution in [0.25, 0.3) is 0 Å². The smallest absolute Gasteiger partial charge is 0.329 e. The lowest BCUT2D eigenvalue weighted by Gasteiger charge is -2.30. The molecule has 1 aliphatic rings. The first-order valence-corrected chi connectivity index (χ1v) is 9.79. The lowest BCUT2D eigenvalue weighted by atomic mass is 10.1. The summed E-state index contributed by atoms with van der Waals surface area (Å²) in [6.45, 7) is 6.59. The molecular weight excluding hydrogens is 338 g/mol. The fourth-order valence-corrected chi connectivity index (χ4v) is 4.24. The molecule has 1 aromatic carbocycles. The van der Waals surface area contributed by atoms with E-state index in [1.54, 1.807) is 48.0 Å². The van der Waals surface area contributed by atoms with Crippen molar-refractivity contribution >= 4 is 23.6 Å². The summed E-state index contributed by atoms with van der Waals surface area (Å²) in [7, 11) is 1.59. The molecule has 1 aliphatic heterocycles. The number of benzene rings is 1. The number of nitrogens with zero attached hydrogens (tertiary/aromatic N) is 1. The van der Waals surface area contributed by atoms with Crippen molar-refractivity contribution in [1.29, 1.82) is 0 Å². The van der Waals surface area contributed by atoms with Gasteiger partial charge in [-0.1, -0.05) is 27.2 Å². The Morgan fingerprint density at radius 3 is 2.52 bits per heavy atom. The number of amides is 1. The Bertz CT molecular complexity index is 588. The van der Waals surface area contributed by atoms with Crippen molar-refractivity contribution in [3.05, 3.63) is 29.8 Å². The standard InChI is InChI=1S/C19H27NO4S/c1-5-6-11-24-19(22)16-12-25-18(13(2)3)20(16)17(21)14-7-9-15(23-4)10-8-14/h7-10,13,16,18H,5-6,11-12H2,1-4H3/t16-,18+/m1/s1. The Kier molecular flexibility index (Phi) is 7.17. The zero-order valence-electron chi connectivity index (χ0n) is 15.4. The van der Waals surface area contributed by atoms with E-state index in [-0.39, 0.29) is 23.2 Å². The average Bonchev–Trinajstić information content (AvgIpc) is 3.06.